The third kappa shape index (κ3) is 3.12. The summed E-state index contributed by atoms with van der Waals surface area (Å²) < 4.78 is 4.23. The van der Waals surface area contributed by atoms with Gasteiger partial charge in [0.15, 0.2) is 11.2 Å². The highest BCUT2D eigenvalue weighted by molar-refractivity contribution is 6.35. The van der Waals surface area contributed by atoms with Gasteiger partial charge in [-0.3, -0.25) is 9.36 Å². The quantitative estimate of drug-likeness (QED) is 0.637. The van der Waals surface area contributed by atoms with Gasteiger partial charge in [0.2, 0.25) is 0 Å². The molecule has 0 spiro atoms. The molecule has 8 heteroatoms. The SMILES string of the molecule is CCCCCn1cnc2c1c(=O)n(C)c(=O)n2-c1ccc(Cl)cc1Cl. The molecule has 0 unspecified atom stereocenters. The van der Waals surface area contributed by atoms with Gasteiger partial charge in [0.05, 0.1) is 17.0 Å². The molecule has 0 aliphatic heterocycles. The summed E-state index contributed by atoms with van der Waals surface area (Å²) in [4.78, 5) is 29.6. The first-order chi connectivity index (χ1) is 12.0. The molecule has 0 fully saturated rings. The lowest BCUT2D eigenvalue weighted by Gasteiger charge is -2.11. The van der Waals surface area contributed by atoms with Crippen LogP contribution < -0.4 is 11.2 Å². The zero-order chi connectivity index (χ0) is 18.1. The van der Waals surface area contributed by atoms with Gasteiger partial charge in [0.25, 0.3) is 5.56 Å². The number of rotatable bonds is 5. The molecule has 3 aromatic rings. The number of aryl methyl sites for hydroxylation is 1. The second-order valence-electron chi connectivity index (χ2n) is 5.90. The van der Waals surface area contributed by atoms with E-state index in [-0.39, 0.29) is 5.56 Å². The maximum atomic E-state index is 12.7. The largest absolute Gasteiger partial charge is 0.337 e. The average Bonchev–Trinajstić information content (AvgIpc) is 2.99. The fraction of sp³-hybridized carbons (Fsp3) is 0.353. The maximum absolute atomic E-state index is 12.7. The number of aromatic nitrogens is 4. The lowest BCUT2D eigenvalue weighted by atomic mass is 10.2. The van der Waals surface area contributed by atoms with E-state index in [1.807, 2.05) is 0 Å². The van der Waals surface area contributed by atoms with Gasteiger partial charge in [-0.2, -0.15) is 0 Å². The summed E-state index contributed by atoms with van der Waals surface area (Å²) >= 11 is 12.2. The highest BCUT2D eigenvalue weighted by Gasteiger charge is 2.18. The highest BCUT2D eigenvalue weighted by Crippen LogP contribution is 2.25. The van der Waals surface area contributed by atoms with Crippen LogP contribution in [0.25, 0.3) is 16.9 Å². The average molecular weight is 381 g/mol. The Morgan fingerprint density at radius 2 is 1.92 bits per heavy atom. The standard InChI is InChI=1S/C17H18Cl2N4O2/c1-3-4-5-8-22-10-20-15-14(22)16(24)21(2)17(25)23(15)13-7-6-11(18)9-12(13)19/h6-7,9-10H,3-5,8H2,1-2H3. The van der Waals surface area contributed by atoms with Crippen molar-refractivity contribution in [2.75, 3.05) is 0 Å². The van der Waals surface area contributed by atoms with Gasteiger partial charge in [-0.05, 0) is 24.6 Å². The minimum Gasteiger partial charge on any atom is -0.325 e. The summed E-state index contributed by atoms with van der Waals surface area (Å²) in [6.45, 7) is 2.79. The minimum absolute atomic E-state index is 0.300. The molecule has 0 bridgehead atoms. The molecular formula is C17H18Cl2N4O2. The van der Waals surface area contributed by atoms with Crippen molar-refractivity contribution in [3.05, 3.63) is 55.4 Å². The summed E-state index contributed by atoms with van der Waals surface area (Å²) in [5.41, 5.74) is 0.268. The van der Waals surface area contributed by atoms with Crippen molar-refractivity contribution in [2.24, 2.45) is 7.05 Å². The van der Waals surface area contributed by atoms with Crippen molar-refractivity contribution >= 4 is 34.4 Å². The topological polar surface area (TPSA) is 61.8 Å². The van der Waals surface area contributed by atoms with Gasteiger partial charge in [-0.1, -0.05) is 43.0 Å². The molecule has 0 saturated heterocycles. The normalized spacial score (nSPS) is 11.4. The second kappa shape index (κ2) is 7.06. The van der Waals surface area contributed by atoms with Gasteiger partial charge >= 0.3 is 5.69 Å². The molecule has 0 aliphatic carbocycles. The smallest absolute Gasteiger partial charge is 0.325 e. The Morgan fingerprint density at radius 3 is 2.60 bits per heavy atom. The Hall–Kier alpha value is -2.05. The van der Waals surface area contributed by atoms with Crippen LogP contribution in [-0.4, -0.2) is 18.7 Å². The molecule has 0 amide bonds. The number of hydrogen-bond donors (Lipinski definition) is 0. The molecule has 2 aromatic heterocycles. The van der Waals surface area contributed by atoms with Gasteiger partial charge < -0.3 is 4.57 Å². The van der Waals surface area contributed by atoms with E-state index < -0.39 is 5.69 Å². The van der Waals surface area contributed by atoms with Gasteiger partial charge in [0, 0.05) is 18.6 Å². The van der Waals surface area contributed by atoms with E-state index in [0.717, 1.165) is 23.8 Å². The molecule has 132 valence electrons. The fourth-order valence-corrected chi connectivity index (χ4v) is 3.31. The van der Waals surface area contributed by atoms with Crippen molar-refractivity contribution in [3.63, 3.8) is 0 Å². The van der Waals surface area contributed by atoms with Crippen LogP contribution in [0, 0.1) is 0 Å². The predicted molar refractivity (Wildman–Crippen MR) is 100 cm³/mol. The van der Waals surface area contributed by atoms with Crippen LogP contribution in [0.4, 0.5) is 0 Å². The number of unbranched alkanes of at least 4 members (excludes halogenated alkanes) is 2. The van der Waals surface area contributed by atoms with Crippen LogP contribution in [0.15, 0.2) is 34.1 Å². The molecule has 0 atom stereocenters. The lowest BCUT2D eigenvalue weighted by molar-refractivity contribution is 0.609. The summed E-state index contributed by atoms with van der Waals surface area (Å²) in [5, 5.41) is 0.781. The molecule has 25 heavy (non-hydrogen) atoms. The van der Waals surface area contributed by atoms with Gasteiger partial charge in [0.1, 0.15) is 0 Å². The molecule has 0 saturated carbocycles. The lowest BCUT2D eigenvalue weighted by Crippen LogP contribution is -2.38. The maximum Gasteiger partial charge on any atom is 0.337 e. The van der Waals surface area contributed by atoms with E-state index in [9.17, 15) is 9.59 Å². The number of halogens is 2. The van der Waals surface area contributed by atoms with Crippen LogP contribution >= 0.6 is 23.2 Å². The van der Waals surface area contributed by atoms with Crippen molar-refractivity contribution in [1.82, 2.24) is 18.7 Å². The first-order valence-corrected chi connectivity index (χ1v) is 8.83. The summed E-state index contributed by atoms with van der Waals surface area (Å²) in [6, 6.07) is 4.84. The Bertz CT molecular complexity index is 1050. The van der Waals surface area contributed by atoms with Crippen molar-refractivity contribution in [3.8, 4) is 5.69 Å². The molecule has 6 nitrogen and oxygen atoms in total. The predicted octanol–water partition coefficient (Wildman–Crippen LogP) is 3.38. The van der Waals surface area contributed by atoms with Gasteiger partial charge in [-0.25, -0.2) is 14.3 Å². The molecule has 2 heterocycles. The Morgan fingerprint density at radius 1 is 1.16 bits per heavy atom. The van der Waals surface area contributed by atoms with Crippen LogP contribution in [-0.2, 0) is 13.6 Å². The number of imidazole rings is 1. The number of nitrogens with zero attached hydrogens (tertiary/aromatic N) is 4. The number of hydrogen-bond acceptors (Lipinski definition) is 3. The number of fused-ring (bicyclic) bond motifs is 1. The van der Waals surface area contributed by atoms with E-state index >= 15 is 0 Å². The molecule has 1 aromatic carbocycles. The first-order valence-electron chi connectivity index (χ1n) is 8.08. The van der Waals surface area contributed by atoms with Crippen LogP contribution in [0.5, 0.6) is 0 Å². The Labute approximate surface area is 154 Å². The van der Waals surface area contributed by atoms with Crippen molar-refractivity contribution < 1.29 is 0 Å². The summed E-state index contributed by atoms with van der Waals surface area (Å²) in [5.74, 6) is 0. The molecule has 3 rings (SSSR count). The monoisotopic (exact) mass is 380 g/mol. The summed E-state index contributed by atoms with van der Waals surface area (Å²) in [6.07, 6.45) is 4.67. The van der Waals surface area contributed by atoms with E-state index in [1.54, 1.807) is 29.1 Å². The fourth-order valence-electron chi connectivity index (χ4n) is 2.82. The third-order valence-electron chi connectivity index (χ3n) is 4.17. The van der Waals surface area contributed by atoms with Gasteiger partial charge in [-0.15, -0.1) is 0 Å². The van der Waals surface area contributed by atoms with E-state index in [1.165, 1.54) is 11.6 Å². The van der Waals surface area contributed by atoms with E-state index in [2.05, 4.69) is 11.9 Å². The van der Waals surface area contributed by atoms with Crippen molar-refractivity contribution in [1.29, 1.82) is 0 Å². The van der Waals surface area contributed by atoms with E-state index in [0.29, 0.717) is 33.4 Å². The second-order valence-corrected chi connectivity index (χ2v) is 6.74. The Balaban J connectivity index is 2.29. The van der Waals surface area contributed by atoms with Crippen LogP contribution in [0.3, 0.4) is 0 Å². The molecule has 0 N–H and O–H groups in total. The van der Waals surface area contributed by atoms with Crippen LogP contribution in [0.1, 0.15) is 26.2 Å². The summed E-state index contributed by atoms with van der Waals surface area (Å²) in [7, 11) is 1.45. The van der Waals surface area contributed by atoms with E-state index in [4.69, 9.17) is 23.2 Å². The first kappa shape index (κ1) is 17.8. The minimum atomic E-state index is -0.500. The Kier molecular flexibility index (Phi) is 5.01. The molecule has 0 aliphatic rings. The van der Waals surface area contributed by atoms with Crippen molar-refractivity contribution in [2.45, 2.75) is 32.7 Å². The highest BCUT2D eigenvalue weighted by atomic mass is 35.5. The zero-order valence-electron chi connectivity index (χ0n) is 14.0. The molecular weight excluding hydrogens is 363 g/mol. The number of benzene rings is 1. The zero-order valence-corrected chi connectivity index (χ0v) is 15.5. The molecule has 0 radical (unpaired) electrons. The van der Waals surface area contributed by atoms with Crippen LogP contribution in [0.2, 0.25) is 10.0 Å². The third-order valence-corrected chi connectivity index (χ3v) is 4.71.